The van der Waals surface area contributed by atoms with Crippen LogP contribution in [0, 0.1) is 0 Å². The molecular weight excluding hydrogens is 389 g/mol. The first-order valence-electron chi connectivity index (χ1n) is 8.38. The molecule has 0 bridgehead atoms. The number of carbonyl (C=O) groups excluding carboxylic acids is 2. The van der Waals surface area contributed by atoms with Gasteiger partial charge in [0.15, 0.2) is 0 Å². The Morgan fingerprint density at radius 1 is 1.00 bits per heavy atom. The number of hydrogen-bond acceptors (Lipinski definition) is 5. The largest absolute Gasteiger partial charge is 0.405 e. The van der Waals surface area contributed by atoms with E-state index in [0.29, 0.717) is 11.5 Å². The number of nitrogens with zero attached hydrogens (tertiary/aromatic N) is 4. The molecule has 0 spiro atoms. The van der Waals surface area contributed by atoms with Gasteiger partial charge in [0.1, 0.15) is 13.1 Å². The smallest absolute Gasteiger partial charge is 0.343 e. The molecule has 0 saturated carbocycles. The summed E-state index contributed by atoms with van der Waals surface area (Å²) in [5, 5.41) is 16.2. The summed E-state index contributed by atoms with van der Waals surface area (Å²) in [4.78, 5) is 24.9. The number of alkyl halides is 3. The molecule has 0 atom stereocenters. The molecule has 1 heterocycles. The fourth-order valence-electron chi connectivity index (χ4n) is 2.33. The van der Waals surface area contributed by atoms with Crippen LogP contribution in [-0.2, 0) is 11.3 Å². The van der Waals surface area contributed by atoms with Crippen LogP contribution in [0.25, 0.3) is 11.4 Å². The summed E-state index contributed by atoms with van der Waals surface area (Å²) < 4.78 is 36.4. The summed E-state index contributed by atoms with van der Waals surface area (Å²) in [7, 11) is 0. The van der Waals surface area contributed by atoms with Gasteiger partial charge in [0.05, 0.1) is 0 Å². The standard InChI is InChI=1S/C18H15F3N6O2/c19-18(20,21)11-22-17(29)13-6-8-14(9-7-13)23-15(28)10-27-25-16(24-26-27)12-4-2-1-3-5-12/h1-9H,10-11H2,(H,22,29)(H,23,28). The van der Waals surface area contributed by atoms with Crippen LogP contribution in [0.4, 0.5) is 18.9 Å². The summed E-state index contributed by atoms with van der Waals surface area (Å²) in [6.07, 6.45) is -4.49. The van der Waals surface area contributed by atoms with Crippen molar-refractivity contribution in [2.24, 2.45) is 0 Å². The van der Waals surface area contributed by atoms with Crippen molar-refractivity contribution >= 4 is 17.5 Å². The van der Waals surface area contributed by atoms with Gasteiger partial charge in [-0.25, -0.2) is 0 Å². The fourth-order valence-corrected chi connectivity index (χ4v) is 2.33. The molecule has 11 heteroatoms. The highest BCUT2D eigenvalue weighted by Gasteiger charge is 2.27. The van der Waals surface area contributed by atoms with Crippen molar-refractivity contribution in [1.29, 1.82) is 0 Å². The van der Waals surface area contributed by atoms with Gasteiger partial charge in [0.25, 0.3) is 5.91 Å². The first-order valence-corrected chi connectivity index (χ1v) is 8.38. The van der Waals surface area contributed by atoms with Gasteiger partial charge in [0.2, 0.25) is 11.7 Å². The molecular formula is C18H15F3N6O2. The number of halogens is 3. The van der Waals surface area contributed by atoms with Gasteiger partial charge in [0, 0.05) is 16.8 Å². The molecule has 3 aromatic rings. The molecule has 0 aliphatic carbocycles. The number of aromatic nitrogens is 4. The van der Waals surface area contributed by atoms with Crippen LogP contribution in [0.2, 0.25) is 0 Å². The number of nitrogens with one attached hydrogen (secondary N) is 2. The van der Waals surface area contributed by atoms with E-state index >= 15 is 0 Å². The van der Waals surface area contributed by atoms with Crippen molar-refractivity contribution in [1.82, 2.24) is 25.5 Å². The molecule has 0 aliphatic heterocycles. The molecule has 0 aliphatic rings. The summed E-state index contributed by atoms with van der Waals surface area (Å²) in [5.74, 6) is -0.913. The molecule has 2 N–H and O–H groups in total. The molecule has 8 nitrogen and oxygen atoms in total. The van der Waals surface area contributed by atoms with E-state index in [0.717, 1.165) is 10.4 Å². The minimum absolute atomic E-state index is 0.0395. The van der Waals surface area contributed by atoms with Crippen molar-refractivity contribution in [2.75, 3.05) is 11.9 Å². The highest BCUT2D eigenvalue weighted by Crippen LogP contribution is 2.14. The van der Waals surface area contributed by atoms with E-state index < -0.39 is 24.5 Å². The van der Waals surface area contributed by atoms with E-state index in [2.05, 4.69) is 20.7 Å². The van der Waals surface area contributed by atoms with Gasteiger partial charge in [-0.15, -0.1) is 10.2 Å². The van der Waals surface area contributed by atoms with E-state index in [-0.39, 0.29) is 12.1 Å². The first-order chi connectivity index (χ1) is 13.8. The average Bonchev–Trinajstić information content (AvgIpc) is 3.15. The lowest BCUT2D eigenvalue weighted by atomic mass is 10.2. The van der Waals surface area contributed by atoms with Gasteiger partial charge >= 0.3 is 6.18 Å². The van der Waals surface area contributed by atoms with Crippen LogP contribution in [0.15, 0.2) is 54.6 Å². The van der Waals surface area contributed by atoms with E-state index in [9.17, 15) is 22.8 Å². The van der Waals surface area contributed by atoms with E-state index in [4.69, 9.17) is 0 Å². The Labute approximate surface area is 162 Å². The lowest BCUT2D eigenvalue weighted by molar-refractivity contribution is -0.123. The Kier molecular flexibility index (Phi) is 5.86. The molecule has 0 saturated heterocycles. The third-order valence-corrected chi connectivity index (χ3v) is 3.65. The summed E-state index contributed by atoms with van der Waals surface area (Å²) >= 11 is 0. The van der Waals surface area contributed by atoms with Gasteiger partial charge in [-0.1, -0.05) is 30.3 Å². The minimum Gasteiger partial charge on any atom is -0.343 e. The number of amides is 2. The zero-order chi connectivity index (χ0) is 20.9. The van der Waals surface area contributed by atoms with Crippen LogP contribution in [-0.4, -0.2) is 44.7 Å². The maximum atomic E-state index is 12.1. The Balaban J connectivity index is 1.54. The summed E-state index contributed by atoms with van der Waals surface area (Å²) in [6.45, 7) is -1.60. The van der Waals surface area contributed by atoms with Crippen molar-refractivity contribution < 1.29 is 22.8 Å². The second-order valence-electron chi connectivity index (χ2n) is 5.93. The highest BCUT2D eigenvalue weighted by molar-refractivity contribution is 5.95. The van der Waals surface area contributed by atoms with E-state index in [1.165, 1.54) is 24.3 Å². The topological polar surface area (TPSA) is 102 Å². The zero-order valence-electron chi connectivity index (χ0n) is 14.8. The number of rotatable bonds is 6. The van der Waals surface area contributed by atoms with Gasteiger partial charge in [-0.3, -0.25) is 9.59 Å². The Bertz CT molecular complexity index is 987. The van der Waals surface area contributed by atoms with Crippen molar-refractivity contribution in [3.8, 4) is 11.4 Å². The highest BCUT2D eigenvalue weighted by atomic mass is 19.4. The molecule has 0 radical (unpaired) electrons. The molecule has 150 valence electrons. The maximum Gasteiger partial charge on any atom is 0.405 e. The maximum absolute atomic E-state index is 12.1. The third kappa shape index (κ3) is 5.86. The number of benzene rings is 2. The number of carbonyl (C=O) groups is 2. The van der Waals surface area contributed by atoms with Crippen molar-refractivity contribution in [3.05, 3.63) is 60.2 Å². The molecule has 29 heavy (non-hydrogen) atoms. The van der Waals surface area contributed by atoms with E-state index in [1.54, 1.807) is 5.32 Å². The molecule has 0 fully saturated rings. The summed E-state index contributed by atoms with van der Waals surface area (Å²) in [5.41, 5.74) is 1.17. The second-order valence-corrected chi connectivity index (χ2v) is 5.93. The van der Waals surface area contributed by atoms with Crippen LogP contribution < -0.4 is 10.6 Å². The van der Waals surface area contributed by atoms with Crippen LogP contribution in [0.1, 0.15) is 10.4 Å². The molecule has 0 unspecified atom stereocenters. The van der Waals surface area contributed by atoms with Gasteiger partial charge in [-0.2, -0.15) is 18.0 Å². The SMILES string of the molecule is O=C(Cn1nnc(-c2ccccc2)n1)Nc1ccc(C(=O)NCC(F)(F)F)cc1. The number of tetrazole rings is 1. The van der Waals surface area contributed by atoms with E-state index in [1.807, 2.05) is 30.3 Å². The van der Waals surface area contributed by atoms with Gasteiger partial charge < -0.3 is 10.6 Å². The van der Waals surface area contributed by atoms with Crippen LogP contribution in [0.5, 0.6) is 0 Å². The van der Waals surface area contributed by atoms with Gasteiger partial charge in [-0.05, 0) is 29.5 Å². The molecule has 1 aromatic heterocycles. The minimum atomic E-state index is -4.49. The van der Waals surface area contributed by atoms with Crippen LogP contribution >= 0.6 is 0 Å². The Hall–Kier alpha value is -3.76. The molecule has 3 rings (SSSR count). The third-order valence-electron chi connectivity index (χ3n) is 3.65. The van der Waals surface area contributed by atoms with Crippen molar-refractivity contribution in [2.45, 2.75) is 12.7 Å². The van der Waals surface area contributed by atoms with Crippen molar-refractivity contribution in [3.63, 3.8) is 0 Å². The average molecular weight is 404 g/mol. The summed E-state index contributed by atoms with van der Waals surface area (Å²) in [6, 6.07) is 14.6. The quantitative estimate of drug-likeness (QED) is 0.656. The predicted octanol–water partition coefficient (Wildman–Crippen LogP) is 2.27. The Morgan fingerprint density at radius 3 is 2.34 bits per heavy atom. The zero-order valence-corrected chi connectivity index (χ0v) is 14.8. The monoisotopic (exact) mass is 404 g/mol. The molecule has 2 aromatic carbocycles. The Morgan fingerprint density at radius 2 is 1.69 bits per heavy atom. The normalized spacial score (nSPS) is 11.1. The fraction of sp³-hybridized carbons (Fsp3) is 0.167. The number of hydrogen-bond donors (Lipinski definition) is 2. The lowest BCUT2D eigenvalue weighted by Gasteiger charge is -2.09. The van der Waals surface area contributed by atoms with Crippen LogP contribution in [0.3, 0.4) is 0 Å². The molecule has 2 amide bonds. The number of anilines is 1. The lowest BCUT2D eigenvalue weighted by Crippen LogP contribution is -2.33. The first kappa shape index (κ1) is 20.0. The predicted molar refractivity (Wildman–Crippen MR) is 96.7 cm³/mol. The second kappa shape index (κ2) is 8.50.